The third-order valence-electron chi connectivity index (χ3n) is 2.80. The van der Waals surface area contributed by atoms with Crippen LogP contribution < -0.4 is 0 Å². The number of nitrogens with zero attached hydrogens (tertiary/aromatic N) is 2. The zero-order valence-electron chi connectivity index (χ0n) is 9.92. The minimum atomic E-state index is -0.595. The first-order valence-electron chi connectivity index (χ1n) is 5.79. The fraction of sp³-hybridized carbons (Fsp3) is 0. The molecule has 3 aromatic rings. The van der Waals surface area contributed by atoms with Crippen molar-refractivity contribution in [2.75, 3.05) is 0 Å². The van der Waals surface area contributed by atoms with E-state index in [-0.39, 0.29) is 0 Å². The van der Waals surface area contributed by atoms with Crippen LogP contribution in [0.2, 0.25) is 0 Å². The molecule has 94 valence electrons. The molecule has 1 aromatic heterocycles. The zero-order chi connectivity index (χ0) is 13.2. The van der Waals surface area contributed by atoms with Crippen LogP contribution >= 0.6 is 0 Å². The van der Waals surface area contributed by atoms with Gasteiger partial charge in [-0.1, -0.05) is 18.2 Å². The van der Waals surface area contributed by atoms with Crippen molar-refractivity contribution in [3.05, 3.63) is 72.6 Å². The van der Waals surface area contributed by atoms with E-state index in [2.05, 4.69) is 5.10 Å². The van der Waals surface area contributed by atoms with E-state index in [1.54, 1.807) is 17.1 Å². The smallest absolute Gasteiger partial charge is 0.126 e. The van der Waals surface area contributed by atoms with Crippen molar-refractivity contribution in [2.24, 2.45) is 0 Å². The summed E-state index contributed by atoms with van der Waals surface area (Å²) < 4.78 is 28.0. The highest BCUT2D eigenvalue weighted by atomic mass is 19.1. The summed E-state index contributed by atoms with van der Waals surface area (Å²) in [6.07, 6.45) is 3.32. The van der Waals surface area contributed by atoms with Gasteiger partial charge in [0.25, 0.3) is 0 Å². The first-order valence-corrected chi connectivity index (χ1v) is 5.79. The highest BCUT2D eigenvalue weighted by Crippen LogP contribution is 2.22. The molecule has 0 bridgehead atoms. The van der Waals surface area contributed by atoms with E-state index in [0.717, 1.165) is 11.8 Å². The summed E-state index contributed by atoms with van der Waals surface area (Å²) in [4.78, 5) is 0. The number of hydrogen-bond acceptors (Lipinski definition) is 1. The molecule has 0 unspecified atom stereocenters. The third kappa shape index (κ3) is 2.38. The van der Waals surface area contributed by atoms with Gasteiger partial charge in [-0.05, 0) is 29.8 Å². The van der Waals surface area contributed by atoms with E-state index in [1.807, 2.05) is 30.3 Å². The highest BCUT2D eigenvalue weighted by Gasteiger charge is 2.06. The van der Waals surface area contributed by atoms with E-state index >= 15 is 0 Å². The SMILES string of the molecule is Fc1cc(F)cc(-c2cnn(-c3ccccc3)c2)c1. The number of benzene rings is 2. The molecule has 0 fully saturated rings. The molecule has 1 heterocycles. The van der Waals surface area contributed by atoms with Crippen LogP contribution in [0.4, 0.5) is 8.78 Å². The van der Waals surface area contributed by atoms with Crippen molar-refractivity contribution in [3.8, 4) is 16.8 Å². The van der Waals surface area contributed by atoms with E-state index < -0.39 is 11.6 Å². The lowest BCUT2D eigenvalue weighted by atomic mass is 10.1. The standard InChI is InChI=1S/C15H10F2N2/c16-13-6-11(7-14(17)8-13)12-9-18-19(10-12)15-4-2-1-3-5-15/h1-10H. The highest BCUT2D eigenvalue weighted by molar-refractivity contribution is 5.62. The second-order valence-corrected chi connectivity index (χ2v) is 4.17. The summed E-state index contributed by atoms with van der Waals surface area (Å²) in [5.74, 6) is -1.19. The maximum Gasteiger partial charge on any atom is 0.126 e. The van der Waals surface area contributed by atoms with Gasteiger partial charge < -0.3 is 0 Å². The van der Waals surface area contributed by atoms with Gasteiger partial charge in [-0.25, -0.2) is 13.5 Å². The lowest BCUT2D eigenvalue weighted by molar-refractivity contribution is 0.584. The van der Waals surface area contributed by atoms with Gasteiger partial charge in [-0.2, -0.15) is 5.10 Å². The average Bonchev–Trinajstić information content (AvgIpc) is 2.88. The molecule has 0 aliphatic carbocycles. The van der Waals surface area contributed by atoms with Gasteiger partial charge in [-0.3, -0.25) is 0 Å². The quantitative estimate of drug-likeness (QED) is 0.681. The molecule has 0 saturated carbocycles. The fourth-order valence-corrected chi connectivity index (χ4v) is 1.91. The summed E-state index contributed by atoms with van der Waals surface area (Å²) in [6.45, 7) is 0. The predicted molar refractivity (Wildman–Crippen MR) is 68.9 cm³/mol. The lowest BCUT2D eigenvalue weighted by Gasteiger charge is -2.00. The molecule has 3 rings (SSSR count). The monoisotopic (exact) mass is 256 g/mol. The molecule has 4 heteroatoms. The van der Waals surface area contributed by atoms with Crippen LogP contribution in [0.5, 0.6) is 0 Å². The largest absolute Gasteiger partial charge is 0.240 e. The molecule has 0 N–H and O–H groups in total. The Balaban J connectivity index is 2.02. The van der Waals surface area contributed by atoms with E-state index in [1.165, 1.54) is 12.1 Å². The molecule has 0 atom stereocenters. The van der Waals surface area contributed by atoms with E-state index in [0.29, 0.717) is 11.1 Å². The van der Waals surface area contributed by atoms with Gasteiger partial charge in [0, 0.05) is 17.8 Å². The Labute approximate surface area is 108 Å². The van der Waals surface area contributed by atoms with Crippen LogP contribution in [0.25, 0.3) is 16.8 Å². The van der Waals surface area contributed by atoms with Crippen LogP contribution in [-0.2, 0) is 0 Å². The molecular formula is C15H10F2N2. The van der Waals surface area contributed by atoms with Gasteiger partial charge in [0.2, 0.25) is 0 Å². The summed E-state index contributed by atoms with van der Waals surface area (Å²) in [6, 6.07) is 13.0. The lowest BCUT2D eigenvalue weighted by Crippen LogP contribution is -1.92. The second-order valence-electron chi connectivity index (χ2n) is 4.17. The normalized spacial score (nSPS) is 10.6. The maximum absolute atomic E-state index is 13.2. The Bertz CT molecular complexity index is 685. The number of rotatable bonds is 2. The molecule has 0 spiro atoms. The zero-order valence-corrected chi connectivity index (χ0v) is 9.92. The topological polar surface area (TPSA) is 17.8 Å². The summed E-state index contributed by atoms with van der Waals surface area (Å²) in [7, 11) is 0. The van der Waals surface area contributed by atoms with Gasteiger partial charge in [0.15, 0.2) is 0 Å². The van der Waals surface area contributed by atoms with Crippen molar-refractivity contribution >= 4 is 0 Å². The Kier molecular flexibility index (Phi) is 2.83. The number of hydrogen-bond donors (Lipinski definition) is 0. The maximum atomic E-state index is 13.2. The Hall–Kier alpha value is -2.49. The van der Waals surface area contributed by atoms with E-state index in [9.17, 15) is 8.78 Å². The summed E-state index contributed by atoms with van der Waals surface area (Å²) >= 11 is 0. The molecule has 19 heavy (non-hydrogen) atoms. The third-order valence-corrected chi connectivity index (χ3v) is 2.80. The van der Waals surface area contributed by atoms with Crippen LogP contribution in [0, 0.1) is 11.6 Å². The molecule has 0 saturated heterocycles. The molecule has 0 aliphatic rings. The Morgan fingerprint density at radius 2 is 1.53 bits per heavy atom. The molecule has 0 radical (unpaired) electrons. The summed E-state index contributed by atoms with van der Waals surface area (Å²) in [5.41, 5.74) is 2.03. The van der Waals surface area contributed by atoms with Crippen molar-refractivity contribution in [2.45, 2.75) is 0 Å². The van der Waals surface area contributed by atoms with Crippen LogP contribution in [-0.4, -0.2) is 9.78 Å². The average molecular weight is 256 g/mol. The van der Waals surface area contributed by atoms with E-state index in [4.69, 9.17) is 0 Å². The minimum Gasteiger partial charge on any atom is -0.240 e. The number of halogens is 2. The molecular weight excluding hydrogens is 246 g/mol. The van der Waals surface area contributed by atoms with Crippen LogP contribution in [0.1, 0.15) is 0 Å². The van der Waals surface area contributed by atoms with Gasteiger partial charge in [-0.15, -0.1) is 0 Å². The fourth-order valence-electron chi connectivity index (χ4n) is 1.91. The van der Waals surface area contributed by atoms with Crippen molar-refractivity contribution in [1.29, 1.82) is 0 Å². The van der Waals surface area contributed by atoms with Gasteiger partial charge in [0.1, 0.15) is 11.6 Å². The molecule has 0 aliphatic heterocycles. The van der Waals surface area contributed by atoms with Gasteiger partial charge >= 0.3 is 0 Å². The first-order chi connectivity index (χ1) is 9.22. The van der Waals surface area contributed by atoms with Gasteiger partial charge in [0.05, 0.1) is 11.9 Å². The van der Waals surface area contributed by atoms with Crippen LogP contribution in [0.15, 0.2) is 60.9 Å². The number of aromatic nitrogens is 2. The molecule has 2 nitrogen and oxygen atoms in total. The Morgan fingerprint density at radius 1 is 0.842 bits per heavy atom. The van der Waals surface area contributed by atoms with Crippen molar-refractivity contribution in [3.63, 3.8) is 0 Å². The Morgan fingerprint density at radius 3 is 2.21 bits per heavy atom. The summed E-state index contributed by atoms with van der Waals surface area (Å²) in [5, 5.41) is 4.19. The first kappa shape index (κ1) is 11.6. The second kappa shape index (κ2) is 4.65. The minimum absolute atomic E-state index is 0.472. The van der Waals surface area contributed by atoms with Crippen LogP contribution in [0.3, 0.4) is 0 Å². The predicted octanol–water partition coefficient (Wildman–Crippen LogP) is 3.82. The van der Waals surface area contributed by atoms with Crippen molar-refractivity contribution < 1.29 is 8.78 Å². The molecule has 2 aromatic carbocycles. The number of para-hydroxylation sites is 1. The van der Waals surface area contributed by atoms with Crippen molar-refractivity contribution in [1.82, 2.24) is 9.78 Å². The molecule has 0 amide bonds.